The molecule has 1 heterocycles. The van der Waals surface area contributed by atoms with Gasteiger partial charge in [0.05, 0.1) is 6.04 Å². The lowest BCUT2D eigenvalue weighted by atomic mass is 10.0. The molecule has 0 aliphatic heterocycles. The lowest BCUT2D eigenvalue weighted by molar-refractivity contribution is -0.704. The van der Waals surface area contributed by atoms with Crippen LogP contribution in [0.1, 0.15) is 32.3 Å². The summed E-state index contributed by atoms with van der Waals surface area (Å²) in [5.41, 5.74) is 1.48. The molecule has 22 heavy (non-hydrogen) atoms. The van der Waals surface area contributed by atoms with Crippen LogP contribution in [0.4, 0.5) is 0 Å². The molecule has 2 N–H and O–H groups in total. The summed E-state index contributed by atoms with van der Waals surface area (Å²) in [7, 11) is 0. The number of benzene rings is 2. The molecular weight excluding hydrogens is 274 g/mol. The third-order valence-electron chi connectivity index (χ3n) is 4.43. The van der Waals surface area contributed by atoms with E-state index in [0.29, 0.717) is 11.6 Å². The van der Waals surface area contributed by atoms with Crippen LogP contribution in [0, 0.1) is 0 Å². The van der Waals surface area contributed by atoms with Crippen LogP contribution >= 0.6 is 0 Å². The molecular formula is C19H22NO2+. The Morgan fingerprint density at radius 1 is 1.09 bits per heavy atom. The Hall–Kier alpha value is -2.13. The van der Waals surface area contributed by atoms with Gasteiger partial charge in [0.15, 0.2) is 0 Å². The van der Waals surface area contributed by atoms with Gasteiger partial charge in [-0.25, -0.2) is 4.79 Å². The standard InChI is InChI=1S/C19H21NO2/c1-3-15(4-2)20-12-14-11-18(21)22-17-10-9-13-7-5-6-8-16(13)19(14)17/h5-11,15,20H,3-4,12H2,1-2H3/p+1. The summed E-state index contributed by atoms with van der Waals surface area (Å²) >= 11 is 0. The second-order valence-corrected chi connectivity index (χ2v) is 5.77. The summed E-state index contributed by atoms with van der Waals surface area (Å²) in [6, 6.07) is 14.4. The molecule has 114 valence electrons. The van der Waals surface area contributed by atoms with E-state index in [0.717, 1.165) is 35.7 Å². The quantitative estimate of drug-likeness (QED) is 0.580. The number of hydrogen-bond donors (Lipinski definition) is 1. The van der Waals surface area contributed by atoms with E-state index in [1.165, 1.54) is 5.39 Å². The molecule has 0 aliphatic rings. The molecule has 3 rings (SSSR count). The molecule has 0 saturated heterocycles. The van der Waals surface area contributed by atoms with Crippen molar-refractivity contribution in [3.05, 3.63) is 58.4 Å². The average Bonchev–Trinajstić information content (AvgIpc) is 2.55. The second kappa shape index (κ2) is 6.32. The molecule has 0 spiro atoms. The van der Waals surface area contributed by atoms with Crippen LogP contribution in [0.2, 0.25) is 0 Å². The summed E-state index contributed by atoms with van der Waals surface area (Å²) in [6.45, 7) is 5.22. The van der Waals surface area contributed by atoms with Gasteiger partial charge in [-0.3, -0.25) is 0 Å². The Morgan fingerprint density at radius 3 is 2.64 bits per heavy atom. The first kappa shape index (κ1) is 14.8. The molecule has 3 aromatic rings. The van der Waals surface area contributed by atoms with Crippen molar-refractivity contribution < 1.29 is 9.73 Å². The first-order chi connectivity index (χ1) is 10.7. The Morgan fingerprint density at radius 2 is 1.86 bits per heavy atom. The number of fused-ring (bicyclic) bond motifs is 3. The van der Waals surface area contributed by atoms with Crippen LogP contribution < -0.4 is 10.9 Å². The van der Waals surface area contributed by atoms with E-state index in [4.69, 9.17) is 4.42 Å². The van der Waals surface area contributed by atoms with Crippen LogP contribution in [-0.2, 0) is 6.54 Å². The van der Waals surface area contributed by atoms with Gasteiger partial charge >= 0.3 is 5.63 Å². The predicted octanol–water partition coefficient (Wildman–Crippen LogP) is 3.20. The van der Waals surface area contributed by atoms with E-state index >= 15 is 0 Å². The van der Waals surface area contributed by atoms with E-state index in [9.17, 15) is 4.79 Å². The Kier molecular flexibility index (Phi) is 4.25. The third-order valence-corrected chi connectivity index (χ3v) is 4.43. The second-order valence-electron chi connectivity index (χ2n) is 5.77. The number of rotatable bonds is 5. The van der Waals surface area contributed by atoms with Crippen molar-refractivity contribution >= 4 is 21.7 Å². The highest BCUT2D eigenvalue weighted by Crippen LogP contribution is 2.26. The summed E-state index contributed by atoms with van der Waals surface area (Å²) in [6.07, 6.45) is 2.27. The van der Waals surface area contributed by atoms with E-state index in [1.54, 1.807) is 6.07 Å². The molecule has 3 heteroatoms. The molecule has 2 aromatic carbocycles. The monoisotopic (exact) mass is 296 g/mol. The summed E-state index contributed by atoms with van der Waals surface area (Å²) in [5, 5.41) is 5.72. The van der Waals surface area contributed by atoms with E-state index in [1.807, 2.05) is 24.3 Å². The van der Waals surface area contributed by atoms with Gasteiger partial charge in [0, 0.05) is 17.0 Å². The maximum absolute atomic E-state index is 11.8. The van der Waals surface area contributed by atoms with Gasteiger partial charge in [0.1, 0.15) is 12.1 Å². The molecule has 1 aromatic heterocycles. The lowest BCUT2D eigenvalue weighted by Crippen LogP contribution is -2.88. The molecule has 0 atom stereocenters. The molecule has 0 bridgehead atoms. The van der Waals surface area contributed by atoms with Crippen molar-refractivity contribution in [2.24, 2.45) is 0 Å². The highest BCUT2D eigenvalue weighted by atomic mass is 16.4. The molecule has 0 aliphatic carbocycles. The molecule has 0 unspecified atom stereocenters. The van der Waals surface area contributed by atoms with Crippen molar-refractivity contribution in [1.82, 2.24) is 0 Å². The van der Waals surface area contributed by atoms with Crippen LogP contribution in [0.25, 0.3) is 21.7 Å². The molecule has 3 nitrogen and oxygen atoms in total. The van der Waals surface area contributed by atoms with Gasteiger partial charge in [-0.05, 0) is 29.7 Å². The van der Waals surface area contributed by atoms with Gasteiger partial charge in [-0.1, -0.05) is 44.2 Å². The number of quaternary nitrogens is 1. The smallest absolute Gasteiger partial charge is 0.336 e. The van der Waals surface area contributed by atoms with Crippen molar-refractivity contribution in [2.75, 3.05) is 0 Å². The minimum absolute atomic E-state index is 0.268. The summed E-state index contributed by atoms with van der Waals surface area (Å²) < 4.78 is 5.40. The SMILES string of the molecule is CCC(CC)[NH2+]Cc1cc(=O)oc2ccc3ccccc3c12. The predicted molar refractivity (Wildman–Crippen MR) is 90.0 cm³/mol. The van der Waals surface area contributed by atoms with Gasteiger partial charge in [0.25, 0.3) is 0 Å². The Balaban J connectivity index is 2.15. The Labute approximate surface area is 130 Å². The number of nitrogens with two attached hydrogens (primary N) is 1. The first-order valence-corrected chi connectivity index (χ1v) is 8.00. The third kappa shape index (κ3) is 2.77. The fourth-order valence-electron chi connectivity index (χ4n) is 3.10. The van der Waals surface area contributed by atoms with Crippen molar-refractivity contribution in [2.45, 2.75) is 39.3 Å². The topological polar surface area (TPSA) is 46.8 Å². The zero-order valence-corrected chi connectivity index (χ0v) is 13.1. The van der Waals surface area contributed by atoms with Crippen LogP contribution in [-0.4, -0.2) is 6.04 Å². The molecule has 0 radical (unpaired) electrons. The van der Waals surface area contributed by atoms with Crippen molar-refractivity contribution in [1.29, 1.82) is 0 Å². The number of hydrogen-bond acceptors (Lipinski definition) is 2. The van der Waals surface area contributed by atoms with Gasteiger partial charge in [-0.15, -0.1) is 0 Å². The average molecular weight is 296 g/mol. The highest BCUT2D eigenvalue weighted by Gasteiger charge is 2.13. The van der Waals surface area contributed by atoms with Crippen LogP contribution in [0.5, 0.6) is 0 Å². The molecule has 0 fully saturated rings. The van der Waals surface area contributed by atoms with E-state index in [-0.39, 0.29) is 5.63 Å². The maximum atomic E-state index is 11.8. The minimum atomic E-state index is -0.268. The lowest BCUT2D eigenvalue weighted by Gasteiger charge is -2.13. The van der Waals surface area contributed by atoms with Crippen LogP contribution in [0.3, 0.4) is 0 Å². The van der Waals surface area contributed by atoms with Crippen molar-refractivity contribution in [3.63, 3.8) is 0 Å². The summed E-state index contributed by atoms with van der Waals surface area (Å²) in [4.78, 5) is 11.8. The maximum Gasteiger partial charge on any atom is 0.336 e. The molecule has 0 saturated carbocycles. The van der Waals surface area contributed by atoms with E-state index < -0.39 is 0 Å². The highest BCUT2D eigenvalue weighted by molar-refractivity contribution is 6.06. The minimum Gasteiger partial charge on any atom is -0.423 e. The van der Waals surface area contributed by atoms with Crippen molar-refractivity contribution in [3.8, 4) is 0 Å². The van der Waals surface area contributed by atoms with E-state index in [2.05, 4.69) is 31.3 Å². The largest absolute Gasteiger partial charge is 0.423 e. The fourth-order valence-corrected chi connectivity index (χ4v) is 3.10. The van der Waals surface area contributed by atoms with Gasteiger partial charge < -0.3 is 9.73 Å². The van der Waals surface area contributed by atoms with Crippen LogP contribution in [0.15, 0.2) is 51.7 Å². The summed E-state index contributed by atoms with van der Waals surface area (Å²) in [5.74, 6) is 0. The Bertz CT molecular complexity index is 847. The fraction of sp³-hybridized carbons (Fsp3) is 0.316. The zero-order valence-electron chi connectivity index (χ0n) is 13.1. The van der Waals surface area contributed by atoms with Gasteiger partial charge in [-0.2, -0.15) is 0 Å². The first-order valence-electron chi connectivity index (χ1n) is 8.00. The van der Waals surface area contributed by atoms with Gasteiger partial charge in [0.2, 0.25) is 0 Å². The zero-order chi connectivity index (χ0) is 15.5. The normalized spacial score (nSPS) is 11.6. The molecule has 0 amide bonds.